The van der Waals surface area contributed by atoms with Gasteiger partial charge >= 0.3 is 0 Å². The molecule has 0 radical (unpaired) electrons. The third kappa shape index (κ3) is 3.83. The first-order valence-corrected chi connectivity index (χ1v) is 6.59. The maximum absolute atomic E-state index is 11.0. The van der Waals surface area contributed by atoms with E-state index in [0.29, 0.717) is 5.75 Å². The van der Waals surface area contributed by atoms with Crippen LogP contribution in [-0.4, -0.2) is 23.7 Å². The zero-order chi connectivity index (χ0) is 11.5. The fourth-order valence-electron chi connectivity index (χ4n) is 0.868. The Balaban J connectivity index is 2.58. The molecule has 0 aliphatic carbocycles. The van der Waals surface area contributed by atoms with Crippen molar-refractivity contribution in [3.05, 3.63) is 11.1 Å². The fraction of sp³-hybridized carbons (Fsp3) is 0.600. The molecule has 0 aliphatic rings. The van der Waals surface area contributed by atoms with Crippen LogP contribution in [0.25, 0.3) is 0 Å². The highest BCUT2D eigenvalue weighted by Crippen LogP contribution is 2.28. The number of thiazole rings is 1. The van der Waals surface area contributed by atoms with Crippen LogP contribution in [0.4, 0.5) is 0 Å². The summed E-state index contributed by atoms with van der Waals surface area (Å²) >= 11 is 3.09. The summed E-state index contributed by atoms with van der Waals surface area (Å²) in [6, 6.07) is 0. The largest absolute Gasteiger partial charge is 0.358 e. The number of aromatic nitrogens is 1. The molecule has 1 aromatic rings. The summed E-state index contributed by atoms with van der Waals surface area (Å²) in [6.45, 7) is 6.40. The molecule has 0 saturated carbocycles. The fourth-order valence-corrected chi connectivity index (χ4v) is 2.79. The molecule has 0 bridgehead atoms. The van der Waals surface area contributed by atoms with Gasteiger partial charge in [-0.3, -0.25) is 4.79 Å². The molecule has 0 aromatic carbocycles. The summed E-state index contributed by atoms with van der Waals surface area (Å²) in [5.41, 5.74) is 1.18. The third-order valence-corrected chi connectivity index (χ3v) is 3.88. The van der Waals surface area contributed by atoms with Gasteiger partial charge in [0.05, 0.1) is 11.4 Å². The Morgan fingerprint density at radius 3 is 2.73 bits per heavy atom. The first-order valence-electron chi connectivity index (χ1n) is 4.73. The molecule has 0 atom stereocenters. The molecule has 3 nitrogen and oxygen atoms in total. The van der Waals surface area contributed by atoms with Gasteiger partial charge in [-0.1, -0.05) is 32.5 Å². The summed E-state index contributed by atoms with van der Waals surface area (Å²) in [7, 11) is 1.64. The van der Waals surface area contributed by atoms with Crippen LogP contribution in [0.1, 0.15) is 26.5 Å². The van der Waals surface area contributed by atoms with E-state index in [1.807, 2.05) is 0 Å². The van der Waals surface area contributed by atoms with E-state index < -0.39 is 0 Å². The molecule has 1 aromatic heterocycles. The Kier molecular flexibility index (Phi) is 4.16. The molecule has 0 aliphatic heterocycles. The summed E-state index contributed by atoms with van der Waals surface area (Å²) < 4.78 is 0.962. The second-order valence-electron chi connectivity index (χ2n) is 4.21. The summed E-state index contributed by atoms with van der Waals surface area (Å²) in [6.07, 6.45) is 0. The van der Waals surface area contributed by atoms with Crippen LogP contribution < -0.4 is 5.32 Å². The van der Waals surface area contributed by atoms with Crippen molar-refractivity contribution < 1.29 is 4.79 Å². The predicted octanol–water partition coefficient (Wildman–Crippen LogP) is 2.28. The van der Waals surface area contributed by atoms with Crippen molar-refractivity contribution in [2.24, 2.45) is 0 Å². The van der Waals surface area contributed by atoms with E-state index in [0.717, 1.165) is 10.0 Å². The molecule has 0 spiro atoms. The van der Waals surface area contributed by atoms with Crippen molar-refractivity contribution in [2.45, 2.75) is 30.5 Å². The van der Waals surface area contributed by atoms with Crippen molar-refractivity contribution in [1.29, 1.82) is 0 Å². The van der Waals surface area contributed by atoms with Crippen molar-refractivity contribution in [1.82, 2.24) is 10.3 Å². The molecular weight excluding hydrogens is 228 g/mol. The number of nitrogens with one attached hydrogen (secondary N) is 1. The molecule has 15 heavy (non-hydrogen) atoms. The molecule has 0 saturated heterocycles. The predicted molar refractivity (Wildman–Crippen MR) is 65.6 cm³/mol. The number of carbonyl (C=O) groups excluding carboxylic acids is 1. The highest BCUT2D eigenvalue weighted by molar-refractivity contribution is 8.01. The van der Waals surface area contributed by atoms with E-state index in [4.69, 9.17) is 0 Å². The smallest absolute Gasteiger partial charge is 0.230 e. The van der Waals surface area contributed by atoms with E-state index in [2.05, 4.69) is 36.5 Å². The van der Waals surface area contributed by atoms with Gasteiger partial charge in [-0.25, -0.2) is 4.98 Å². The van der Waals surface area contributed by atoms with Crippen molar-refractivity contribution >= 4 is 29.0 Å². The average molecular weight is 244 g/mol. The van der Waals surface area contributed by atoms with Gasteiger partial charge in [-0.15, -0.1) is 11.3 Å². The monoisotopic (exact) mass is 244 g/mol. The Morgan fingerprint density at radius 2 is 2.27 bits per heavy atom. The first kappa shape index (κ1) is 12.5. The minimum Gasteiger partial charge on any atom is -0.358 e. The van der Waals surface area contributed by atoms with Gasteiger partial charge in [0.1, 0.15) is 0 Å². The second-order valence-corrected chi connectivity index (χ2v) is 6.29. The highest BCUT2D eigenvalue weighted by Gasteiger charge is 2.17. The lowest BCUT2D eigenvalue weighted by molar-refractivity contribution is -0.118. The molecule has 1 amide bonds. The number of hydrogen-bond donors (Lipinski definition) is 1. The zero-order valence-electron chi connectivity index (χ0n) is 9.46. The minimum absolute atomic E-state index is 0.0347. The summed E-state index contributed by atoms with van der Waals surface area (Å²) in [5, 5.41) is 4.65. The van der Waals surface area contributed by atoms with Gasteiger partial charge in [0.25, 0.3) is 0 Å². The quantitative estimate of drug-likeness (QED) is 0.829. The minimum atomic E-state index is 0.0347. The van der Waals surface area contributed by atoms with Gasteiger partial charge in [0.15, 0.2) is 4.34 Å². The maximum Gasteiger partial charge on any atom is 0.230 e. The molecule has 84 valence electrons. The Labute approximate surface area is 98.7 Å². The molecule has 1 rings (SSSR count). The SMILES string of the molecule is CNC(=O)CSc1nc(C(C)(C)C)cs1. The summed E-state index contributed by atoms with van der Waals surface area (Å²) in [5.74, 6) is 0.473. The number of carbonyl (C=O) groups is 1. The van der Waals surface area contributed by atoms with Crippen LogP contribution >= 0.6 is 23.1 Å². The molecular formula is C10H16N2OS2. The van der Waals surface area contributed by atoms with Gasteiger partial charge in [-0.05, 0) is 0 Å². The van der Waals surface area contributed by atoms with Crippen molar-refractivity contribution in [3.8, 4) is 0 Å². The van der Waals surface area contributed by atoms with Gasteiger partial charge in [0.2, 0.25) is 5.91 Å². The van der Waals surface area contributed by atoms with Crippen LogP contribution in [-0.2, 0) is 10.2 Å². The van der Waals surface area contributed by atoms with Gasteiger partial charge in [-0.2, -0.15) is 0 Å². The zero-order valence-corrected chi connectivity index (χ0v) is 11.1. The van der Waals surface area contributed by atoms with E-state index in [1.54, 1.807) is 18.4 Å². The van der Waals surface area contributed by atoms with Gasteiger partial charge in [0, 0.05) is 17.8 Å². The van der Waals surface area contributed by atoms with Crippen LogP contribution in [0.3, 0.4) is 0 Å². The maximum atomic E-state index is 11.0. The topological polar surface area (TPSA) is 42.0 Å². The number of hydrogen-bond acceptors (Lipinski definition) is 4. The van der Waals surface area contributed by atoms with Crippen molar-refractivity contribution in [2.75, 3.05) is 12.8 Å². The van der Waals surface area contributed by atoms with Crippen molar-refractivity contribution in [3.63, 3.8) is 0 Å². The molecule has 1 N–H and O–H groups in total. The van der Waals surface area contributed by atoms with E-state index in [9.17, 15) is 4.79 Å². The Morgan fingerprint density at radius 1 is 1.60 bits per heavy atom. The van der Waals surface area contributed by atoms with E-state index >= 15 is 0 Å². The lowest BCUT2D eigenvalue weighted by Crippen LogP contribution is -2.19. The molecule has 0 unspecified atom stereocenters. The van der Waals surface area contributed by atoms with Crippen LogP contribution in [0.2, 0.25) is 0 Å². The number of thioether (sulfide) groups is 1. The van der Waals surface area contributed by atoms with Crippen LogP contribution in [0.5, 0.6) is 0 Å². The molecule has 5 heteroatoms. The second kappa shape index (κ2) is 4.99. The van der Waals surface area contributed by atoms with Crippen LogP contribution in [0.15, 0.2) is 9.72 Å². The normalized spacial score (nSPS) is 11.5. The van der Waals surface area contributed by atoms with Crippen LogP contribution in [0, 0.1) is 0 Å². The third-order valence-electron chi connectivity index (χ3n) is 1.86. The molecule has 1 heterocycles. The average Bonchev–Trinajstić information content (AvgIpc) is 2.61. The number of rotatable bonds is 3. The number of nitrogens with zero attached hydrogens (tertiary/aromatic N) is 1. The van der Waals surface area contributed by atoms with E-state index in [-0.39, 0.29) is 11.3 Å². The van der Waals surface area contributed by atoms with Gasteiger partial charge < -0.3 is 5.32 Å². The first-order chi connectivity index (χ1) is 6.93. The van der Waals surface area contributed by atoms with E-state index in [1.165, 1.54) is 11.8 Å². The standard InChI is InChI=1S/C10H16N2OS2/c1-10(2,3)7-5-14-9(12-7)15-6-8(13)11-4/h5H,6H2,1-4H3,(H,11,13). The highest BCUT2D eigenvalue weighted by atomic mass is 32.2. The Hall–Kier alpha value is -0.550. The Bertz CT molecular complexity index is 341. The lowest BCUT2D eigenvalue weighted by atomic mass is 9.93. The molecule has 0 fully saturated rings. The lowest BCUT2D eigenvalue weighted by Gasteiger charge is -2.14. The summed E-state index contributed by atoms with van der Waals surface area (Å²) in [4.78, 5) is 15.5. The number of amides is 1.